The average molecular weight is 88.1 g/mol. The van der Waals surface area contributed by atoms with Gasteiger partial charge >= 0.3 is 0 Å². The van der Waals surface area contributed by atoms with Crippen LogP contribution in [0, 0.1) is 6.61 Å². The SMILES string of the molecule is [C]1CCSO1. The van der Waals surface area contributed by atoms with Crippen LogP contribution < -0.4 is 0 Å². The third-order valence-corrected chi connectivity index (χ3v) is 1.01. The Hall–Kier alpha value is 0.310. The van der Waals surface area contributed by atoms with Gasteiger partial charge in [-0.25, -0.2) is 0 Å². The molecular weight excluding hydrogens is 84.1 g/mol. The van der Waals surface area contributed by atoms with Crippen molar-refractivity contribution in [2.75, 3.05) is 5.75 Å². The van der Waals surface area contributed by atoms with Gasteiger partial charge in [-0.2, -0.15) is 0 Å². The maximum atomic E-state index is 4.61. The standard InChI is InChI=1S/C3H4OS/c1-2-4-5-3-1/h1,3H2. The van der Waals surface area contributed by atoms with Crippen molar-refractivity contribution in [3.05, 3.63) is 6.61 Å². The van der Waals surface area contributed by atoms with Crippen molar-refractivity contribution in [1.82, 2.24) is 0 Å². The van der Waals surface area contributed by atoms with E-state index in [1.54, 1.807) is 0 Å². The minimum atomic E-state index is 0.991. The van der Waals surface area contributed by atoms with Crippen molar-refractivity contribution in [3.8, 4) is 0 Å². The molecule has 0 N–H and O–H groups in total. The van der Waals surface area contributed by atoms with Crippen LogP contribution in [-0.4, -0.2) is 5.75 Å². The van der Waals surface area contributed by atoms with Crippen LogP contribution in [-0.2, 0) is 4.18 Å². The molecule has 1 saturated heterocycles. The molecular formula is C3H4OS. The molecule has 1 aliphatic heterocycles. The molecule has 0 aliphatic carbocycles. The molecule has 1 fully saturated rings. The fourth-order valence-corrected chi connectivity index (χ4v) is 0.625. The maximum Gasteiger partial charge on any atom is 0.150 e. The summed E-state index contributed by atoms with van der Waals surface area (Å²) in [7, 11) is 0. The van der Waals surface area contributed by atoms with E-state index in [-0.39, 0.29) is 0 Å². The van der Waals surface area contributed by atoms with Gasteiger partial charge in [0.15, 0.2) is 0 Å². The van der Waals surface area contributed by atoms with E-state index in [9.17, 15) is 0 Å². The van der Waals surface area contributed by atoms with Gasteiger partial charge in [-0.15, -0.1) is 0 Å². The Morgan fingerprint density at radius 1 is 1.80 bits per heavy atom. The molecule has 28 valence electrons. The fourth-order valence-electron chi connectivity index (χ4n) is 0.208. The third kappa shape index (κ3) is 0.816. The Morgan fingerprint density at radius 3 is 3.00 bits per heavy atom. The second-order valence-corrected chi connectivity index (χ2v) is 1.61. The van der Waals surface area contributed by atoms with Crippen LogP contribution in [0.3, 0.4) is 0 Å². The zero-order chi connectivity index (χ0) is 3.54. The van der Waals surface area contributed by atoms with Gasteiger partial charge in [0.2, 0.25) is 0 Å². The van der Waals surface area contributed by atoms with Crippen molar-refractivity contribution in [3.63, 3.8) is 0 Å². The highest BCUT2D eigenvalue weighted by Gasteiger charge is 1.98. The van der Waals surface area contributed by atoms with E-state index in [0.717, 1.165) is 12.2 Å². The highest BCUT2D eigenvalue weighted by Crippen LogP contribution is 2.16. The summed E-state index contributed by atoms with van der Waals surface area (Å²) in [6.45, 7) is 2.69. The molecule has 0 amide bonds. The Morgan fingerprint density at radius 2 is 2.80 bits per heavy atom. The highest BCUT2D eigenvalue weighted by atomic mass is 32.2. The number of rotatable bonds is 0. The lowest BCUT2D eigenvalue weighted by Gasteiger charge is -1.72. The first-order chi connectivity index (χ1) is 2.50. The fraction of sp³-hybridized carbons (Fsp3) is 0.667. The van der Waals surface area contributed by atoms with Gasteiger partial charge < -0.3 is 4.18 Å². The first kappa shape index (κ1) is 3.50. The van der Waals surface area contributed by atoms with Gasteiger partial charge in [0.1, 0.15) is 6.61 Å². The number of hydrogen-bond donors (Lipinski definition) is 0. The van der Waals surface area contributed by atoms with Gasteiger partial charge in [-0.05, 0) is 18.5 Å². The molecule has 0 saturated carbocycles. The van der Waals surface area contributed by atoms with Gasteiger partial charge in [-0.1, -0.05) is 0 Å². The average Bonchev–Trinajstić information content (AvgIpc) is 1.76. The van der Waals surface area contributed by atoms with E-state index in [4.69, 9.17) is 0 Å². The van der Waals surface area contributed by atoms with Crippen molar-refractivity contribution < 1.29 is 4.18 Å². The van der Waals surface area contributed by atoms with Crippen LogP contribution in [0.4, 0.5) is 0 Å². The van der Waals surface area contributed by atoms with Crippen molar-refractivity contribution in [2.24, 2.45) is 0 Å². The van der Waals surface area contributed by atoms with E-state index in [1.807, 2.05) is 0 Å². The summed E-state index contributed by atoms with van der Waals surface area (Å²) in [5.74, 6) is 1.08. The molecule has 0 aromatic heterocycles. The van der Waals surface area contributed by atoms with E-state index in [1.165, 1.54) is 12.0 Å². The molecule has 1 rings (SSSR count). The summed E-state index contributed by atoms with van der Waals surface area (Å²) >= 11 is 1.46. The van der Waals surface area contributed by atoms with Crippen LogP contribution in [0.15, 0.2) is 0 Å². The van der Waals surface area contributed by atoms with E-state index in [2.05, 4.69) is 10.8 Å². The Bertz CT molecular complexity index is 18.5. The lowest BCUT2D eigenvalue weighted by Crippen LogP contribution is -1.58. The molecule has 0 spiro atoms. The van der Waals surface area contributed by atoms with Crippen LogP contribution in [0.5, 0.6) is 0 Å². The van der Waals surface area contributed by atoms with E-state index < -0.39 is 0 Å². The minimum absolute atomic E-state index is 0.991. The molecule has 1 nitrogen and oxygen atoms in total. The molecule has 0 atom stereocenters. The topological polar surface area (TPSA) is 9.23 Å². The lowest BCUT2D eigenvalue weighted by molar-refractivity contribution is 0.496. The second kappa shape index (κ2) is 1.67. The quantitative estimate of drug-likeness (QED) is 0.410. The predicted octanol–water partition coefficient (Wildman–Crippen LogP) is 1.09. The molecule has 0 aromatic carbocycles. The predicted molar refractivity (Wildman–Crippen MR) is 21.4 cm³/mol. The first-order valence-electron chi connectivity index (χ1n) is 1.51. The minimum Gasteiger partial charge on any atom is -0.302 e. The first-order valence-corrected chi connectivity index (χ1v) is 2.42. The summed E-state index contributed by atoms with van der Waals surface area (Å²) in [4.78, 5) is 0. The Labute approximate surface area is 35.9 Å². The second-order valence-electron chi connectivity index (χ2n) is 0.800. The van der Waals surface area contributed by atoms with Gasteiger partial charge in [0, 0.05) is 5.75 Å². The highest BCUT2D eigenvalue weighted by molar-refractivity contribution is 7.94. The normalized spacial score (nSPS) is 24.0. The molecule has 5 heavy (non-hydrogen) atoms. The summed E-state index contributed by atoms with van der Waals surface area (Å²) in [6, 6.07) is 0. The van der Waals surface area contributed by atoms with Gasteiger partial charge in [0.05, 0.1) is 0 Å². The monoisotopic (exact) mass is 88.0 g/mol. The zero-order valence-corrected chi connectivity index (χ0v) is 3.55. The molecule has 0 aromatic rings. The lowest BCUT2D eigenvalue weighted by atomic mass is 10.5. The summed E-state index contributed by atoms with van der Waals surface area (Å²) in [5, 5.41) is 0. The maximum absolute atomic E-state index is 4.61. The van der Waals surface area contributed by atoms with E-state index >= 15 is 0 Å². The number of hydrogen-bond acceptors (Lipinski definition) is 2. The van der Waals surface area contributed by atoms with Gasteiger partial charge in [0.25, 0.3) is 0 Å². The van der Waals surface area contributed by atoms with Crippen molar-refractivity contribution >= 4 is 12.0 Å². The van der Waals surface area contributed by atoms with E-state index in [0.29, 0.717) is 0 Å². The molecule has 2 radical (unpaired) electrons. The van der Waals surface area contributed by atoms with Gasteiger partial charge in [-0.3, -0.25) is 0 Å². The molecule has 1 aliphatic rings. The van der Waals surface area contributed by atoms with Crippen molar-refractivity contribution in [2.45, 2.75) is 6.42 Å². The third-order valence-electron chi connectivity index (χ3n) is 0.405. The molecule has 0 bridgehead atoms. The van der Waals surface area contributed by atoms with Crippen molar-refractivity contribution in [1.29, 1.82) is 0 Å². The molecule has 1 heterocycles. The zero-order valence-electron chi connectivity index (χ0n) is 2.73. The summed E-state index contributed by atoms with van der Waals surface area (Å²) < 4.78 is 4.61. The largest absolute Gasteiger partial charge is 0.302 e. The smallest absolute Gasteiger partial charge is 0.150 e. The van der Waals surface area contributed by atoms with Crippen LogP contribution in [0.1, 0.15) is 6.42 Å². The van der Waals surface area contributed by atoms with Crippen LogP contribution >= 0.6 is 12.0 Å². The van der Waals surface area contributed by atoms with Crippen LogP contribution in [0.2, 0.25) is 0 Å². The molecule has 0 unspecified atom stereocenters. The summed E-state index contributed by atoms with van der Waals surface area (Å²) in [5.41, 5.74) is 0. The van der Waals surface area contributed by atoms with Crippen LogP contribution in [0.25, 0.3) is 0 Å². The summed E-state index contributed by atoms with van der Waals surface area (Å²) in [6.07, 6.45) is 0.991. The molecule has 2 heteroatoms. The Balaban J connectivity index is 2.08. The Kier molecular flexibility index (Phi) is 1.17.